The average molecular weight is 514 g/mol. The molecule has 3 aromatic carbocycles. The van der Waals surface area contributed by atoms with Crippen LogP contribution in [0.25, 0.3) is 0 Å². The second-order valence-corrected chi connectivity index (χ2v) is 8.90. The Morgan fingerprint density at radius 1 is 1.11 bits per heavy atom. The summed E-state index contributed by atoms with van der Waals surface area (Å²) in [5.74, 6) is -4.56. The van der Waals surface area contributed by atoms with E-state index < -0.39 is 17.7 Å². The van der Waals surface area contributed by atoms with Crippen LogP contribution in [0.4, 0.5) is 20.2 Å². The smallest absolute Gasteiger partial charge is 0.298 e. The van der Waals surface area contributed by atoms with Gasteiger partial charge in [0, 0.05) is 22.5 Å². The molecule has 1 atom stereocenters. The molecule has 1 aliphatic heterocycles. The third-order valence-corrected chi connectivity index (χ3v) is 6.40. The maximum Gasteiger partial charge on any atom is 0.298 e. The number of nitrogens with zero attached hydrogens (tertiary/aromatic N) is 4. The van der Waals surface area contributed by atoms with E-state index in [0.29, 0.717) is 5.69 Å². The number of carbonyl (C=O) groups is 2. The Labute approximate surface area is 216 Å². The molecular weight excluding hydrogens is 492 g/mol. The van der Waals surface area contributed by atoms with Crippen molar-refractivity contribution >= 4 is 23.2 Å². The maximum absolute atomic E-state index is 15.0. The lowest BCUT2D eigenvalue weighted by molar-refractivity contribution is 0.0428. The lowest BCUT2D eigenvalue weighted by Crippen LogP contribution is -2.47. The minimum Gasteiger partial charge on any atom is -0.507 e. The third-order valence-electron chi connectivity index (χ3n) is 6.40. The molecule has 1 unspecified atom stereocenters. The summed E-state index contributed by atoms with van der Waals surface area (Å²) in [7, 11) is 0. The van der Waals surface area contributed by atoms with E-state index in [1.165, 1.54) is 70.4 Å². The molecular formula is C28H21F2N5O3. The normalized spacial score (nSPS) is 15.1. The highest BCUT2D eigenvalue weighted by Crippen LogP contribution is 2.37. The number of nitrogens with one attached hydrogen (secondary N) is 1. The zero-order valence-corrected chi connectivity index (χ0v) is 20.1. The average Bonchev–Trinajstić information content (AvgIpc) is 3.35. The van der Waals surface area contributed by atoms with Crippen LogP contribution in [0.3, 0.4) is 0 Å². The van der Waals surface area contributed by atoms with Crippen LogP contribution in [0.5, 0.6) is 5.75 Å². The lowest BCUT2D eigenvalue weighted by atomic mass is 9.99. The van der Waals surface area contributed by atoms with Crippen molar-refractivity contribution in [3.8, 4) is 11.8 Å². The molecule has 2 N–H and O–H groups in total. The van der Waals surface area contributed by atoms with Gasteiger partial charge < -0.3 is 15.3 Å². The first-order valence-corrected chi connectivity index (χ1v) is 11.7. The summed E-state index contributed by atoms with van der Waals surface area (Å²) in [6.07, 6.45) is 1.29. The molecule has 0 radical (unpaired) electrons. The summed E-state index contributed by atoms with van der Waals surface area (Å²) in [6.45, 7) is 2.09. The van der Waals surface area contributed by atoms with E-state index in [1.54, 1.807) is 25.1 Å². The third kappa shape index (κ3) is 4.24. The highest BCUT2D eigenvalue weighted by molar-refractivity contribution is 6.15. The molecule has 1 aromatic heterocycles. The molecule has 190 valence electrons. The van der Waals surface area contributed by atoms with E-state index in [9.17, 15) is 23.5 Å². The van der Waals surface area contributed by atoms with Gasteiger partial charge in [-0.1, -0.05) is 42.5 Å². The number of carbonyl (C=O) groups excluding carboxylic acids is 2. The van der Waals surface area contributed by atoms with Gasteiger partial charge in [-0.05, 0) is 37.3 Å². The van der Waals surface area contributed by atoms with Crippen LogP contribution in [0.1, 0.15) is 44.5 Å². The largest absolute Gasteiger partial charge is 0.507 e. The molecule has 4 aromatic rings. The van der Waals surface area contributed by atoms with E-state index in [-0.39, 0.29) is 52.0 Å². The number of aromatic hydroxyl groups is 1. The van der Waals surface area contributed by atoms with Crippen LogP contribution in [0.15, 0.2) is 79.0 Å². The van der Waals surface area contributed by atoms with E-state index in [1.807, 2.05) is 6.07 Å². The molecule has 0 saturated heterocycles. The molecule has 0 bridgehead atoms. The van der Waals surface area contributed by atoms with Crippen molar-refractivity contribution in [3.63, 3.8) is 0 Å². The van der Waals surface area contributed by atoms with Crippen LogP contribution in [-0.2, 0) is 12.5 Å². The number of halogens is 2. The number of fused-ring (bicyclic) bond motifs is 1. The number of hydrogen-bond donors (Lipinski definition) is 2. The first-order chi connectivity index (χ1) is 18.2. The summed E-state index contributed by atoms with van der Waals surface area (Å²) < 4.78 is 31.4. The van der Waals surface area contributed by atoms with Gasteiger partial charge in [0.2, 0.25) is 0 Å². The van der Waals surface area contributed by atoms with Crippen LogP contribution in [0.2, 0.25) is 0 Å². The number of hydrogen-bond acceptors (Lipinski definition) is 5. The summed E-state index contributed by atoms with van der Waals surface area (Å²) in [5, 5.41) is 25.6. The summed E-state index contributed by atoms with van der Waals surface area (Å²) in [4.78, 5) is 28.1. The standard InChI is InChI=1S/C28H21F2N5O3/c1-17-16-34-25(23(15-32-34)26(37)33-21-9-12-24(36)18(13-21)14-31)27(38)35(17)22-10-7-20(8-11-22)28(29,30)19-5-3-2-4-6-19/h2-13,15,17,36H,16H2,1H3,(H,33,37). The number of rotatable bonds is 5. The monoisotopic (exact) mass is 513 g/mol. The van der Waals surface area contributed by atoms with E-state index in [2.05, 4.69) is 10.4 Å². The first kappa shape index (κ1) is 24.6. The first-order valence-electron chi connectivity index (χ1n) is 11.7. The van der Waals surface area contributed by atoms with Crippen molar-refractivity contribution in [2.24, 2.45) is 0 Å². The molecule has 38 heavy (non-hydrogen) atoms. The number of amides is 2. The van der Waals surface area contributed by atoms with Crippen LogP contribution in [0, 0.1) is 11.3 Å². The van der Waals surface area contributed by atoms with Crippen molar-refractivity contribution in [2.75, 3.05) is 10.2 Å². The van der Waals surface area contributed by atoms with Gasteiger partial charge in [-0.25, -0.2) is 0 Å². The Bertz CT molecular complexity index is 1580. The predicted molar refractivity (Wildman–Crippen MR) is 135 cm³/mol. The quantitative estimate of drug-likeness (QED) is 0.369. The van der Waals surface area contributed by atoms with Gasteiger partial charge in [0.05, 0.1) is 29.9 Å². The Balaban J connectivity index is 1.42. The Morgan fingerprint density at radius 3 is 2.47 bits per heavy atom. The molecule has 10 heteroatoms. The minimum atomic E-state index is -3.21. The zero-order valence-electron chi connectivity index (χ0n) is 20.1. The lowest BCUT2D eigenvalue weighted by Gasteiger charge is -2.34. The Kier molecular flexibility index (Phi) is 6.12. The number of phenols is 1. The Hall–Kier alpha value is -5.04. The molecule has 0 aliphatic carbocycles. The van der Waals surface area contributed by atoms with Gasteiger partial charge in [0.1, 0.15) is 17.5 Å². The van der Waals surface area contributed by atoms with E-state index in [4.69, 9.17) is 5.26 Å². The highest BCUT2D eigenvalue weighted by Gasteiger charge is 2.37. The summed E-state index contributed by atoms with van der Waals surface area (Å²) >= 11 is 0. The van der Waals surface area contributed by atoms with Gasteiger partial charge in [-0.2, -0.15) is 19.1 Å². The molecule has 1 aliphatic rings. The second kappa shape index (κ2) is 9.44. The fourth-order valence-corrected chi connectivity index (χ4v) is 4.48. The number of nitriles is 1. The second-order valence-electron chi connectivity index (χ2n) is 8.90. The molecule has 5 rings (SSSR count). The Morgan fingerprint density at radius 2 is 1.79 bits per heavy atom. The molecule has 2 heterocycles. The summed E-state index contributed by atoms with van der Waals surface area (Å²) in [6, 6.07) is 18.5. The number of phenolic OH excluding ortho intramolecular Hbond substituents is 1. The van der Waals surface area contributed by atoms with Crippen LogP contribution < -0.4 is 10.2 Å². The summed E-state index contributed by atoms with van der Waals surface area (Å²) in [5.41, 5.74) is 0.380. The van der Waals surface area contributed by atoms with Gasteiger partial charge >= 0.3 is 0 Å². The van der Waals surface area contributed by atoms with Gasteiger partial charge in [-0.15, -0.1) is 0 Å². The minimum absolute atomic E-state index is 0.0165. The fraction of sp³-hybridized carbons (Fsp3) is 0.143. The number of benzene rings is 3. The van der Waals surface area contributed by atoms with Crippen LogP contribution in [-0.4, -0.2) is 32.7 Å². The van der Waals surface area contributed by atoms with Gasteiger partial charge in [-0.3, -0.25) is 14.3 Å². The molecule has 0 fully saturated rings. The highest BCUT2D eigenvalue weighted by atomic mass is 19.3. The van der Waals surface area contributed by atoms with E-state index >= 15 is 0 Å². The SMILES string of the molecule is CC1Cn2ncc(C(=O)Nc3ccc(O)c(C#N)c3)c2C(=O)N1c1ccc(C(F)(F)c2ccccc2)cc1. The van der Waals surface area contributed by atoms with Crippen molar-refractivity contribution < 1.29 is 23.5 Å². The zero-order chi connectivity index (χ0) is 27.0. The van der Waals surface area contributed by atoms with Crippen molar-refractivity contribution in [2.45, 2.75) is 25.4 Å². The number of alkyl halides is 2. The molecule has 2 amide bonds. The predicted octanol–water partition coefficient (Wildman–Crippen LogP) is 4.90. The molecule has 8 nitrogen and oxygen atoms in total. The number of anilines is 2. The van der Waals surface area contributed by atoms with Gasteiger partial charge in [0.15, 0.2) is 0 Å². The van der Waals surface area contributed by atoms with Crippen molar-refractivity contribution in [1.82, 2.24) is 9.78 Å². The van der Waals surface area contributed by atoms with Crippen molar-refractivity contribution in [1.29, 1.82) is 5.26 Å². The fourth-order valence-electron chi connectivity index (χ4n) is 4.48. The van der Waals surface area contributed by atoms with Gasteiger partial charge in [0.25, 0.3) is 17.7 Å². The molecule has 0 saturated carbocycles. The van der Waals surface area contributed by atoms with Crippen LogP contribution >= 0.6 is 0 Å². The topological polar surface area (TPSA) is 111 Å². The molecule has 0 spiro atoms. The van der Waals surface area contributed by atoms with E-state index in [0.717, 1.165) is 0 Å². The maximum atomic E-state index is 15.0. The number of aromatic nitrogens is 2. The van der Waals surface area contributed by atoms with Crippen molar-refractivity contribution in [3.05, 3.63) is 107 Å².